The number of rotatable bonds is 6. The van der Waals surface area contributed by atoms with E-state index in [0.29, 0.717) is 12.3 Å². The van der Waals surface area contributed by atoms with Gasteiger partial charge in [0, 0.05) is 5.39 Å². The number of hydrogen-bond acceptors (Lipinski definition) is 5. The molecule has 0 fully saturated rings. The number of hydrogen-bond donors (Lipinski definition) is 1. The van der Waals surface area contributed by atoms with Crippen molar-refractivity contribution < 1.29 is 14.3 Å². The predicted molar refractivity (Wildman–Crippen MR) is 88.9 cm³/mol. The summed E-state index contributed by atoms with van der Waals surface area (Å²) in [5.41, 5.74) is 0.907. The molecular weight excluding hydrogens is 312 g/mol. The number of benzene rings is 1. The summed E-state index contributed by atoms with van der Waals surface area (Å²) in [6.45, 7) is 4.03. The minimum Gasteiger partial charge on any atom is -0.467 e. The first-order valence-electron chi connectivity index (χ1n) is 7.15. The summed E-state index contributed by atoms with van der Waals surface area (Å²) in [5, 5.41) is 11.3. The number of carbonyl (C=O) groups excluding carboxylic acids is 1. The van der Waals surface area contributed by atoms with Gasteiger partial charge in [-0.15, -0.1) is 0 Å². The Morgan fingerprint density at radius 1 is 1.39 bits per heavy atom. The molecule has 2 heterocycles. The second-order valence-corrected chi connectivity index (χ2v) is 5.93. The lowest BCUT2D eigenvalue weighted by molar-refractivity contribution is -0.128. The molecule has 0 spiro atoms. The Kier molecular flexibility index (Phi) is 4.55. The van der Waals surface area contributed by atoms with E-state index in [9.17, 15) is 9.90 Å². The lowest BCUT2D eigenvalue weighted by Crippen LogP contribution is -2.32. The topological polar surface area (TPSA) is 66.6 Å². The highest BCUT2D eigenvalue weighted by atomic mass is 32.1. The van der Waals surface area contributed by atoms with Crippen molar-refractivity contribution in [2.45, 2.75) is 12.6 Å². The summed E-state index contributed by atoms with van der Waals surface area (Å²) < 4.78 is 9.57. The van der Waals surface area contributed by atoms with Gasteiger partial charge in [0.2, 0.25) is 5.91 Å². The first-order chi connectivity index (χ1) is 11.2. The fraction of sp³-hybridized carbons (Fsp3) is 0.176. The van der Waals surface area contributed by atoms with Crippen LogP contribution in [0.1, 0.15) is 16.7 Å². The molecule has 0 aliphatic heterocycles. The van der Waals surface area contributed by atoms with Gasteiger partial charge in [-0.3, -0.25) is 4.79 Å². The van der Waals surface area contributed by atoms with Crippen LogP contribution >= 0.6 is 11.5 Å². The third-order valence-electron chi connectivity index (χ3n) is 3.54. The number of aliphatic hydroxyl groups excluding tert-OH is 1. The molecule has 118 valence electrons. The van der Waals surface area contributed by atoms with Crippen LogP contribution in [0.2, 0.25) is 0 Å². The largest absolute Gasteiger partial charge is 0.467 e. The van der Waals surface area contributed by atoms with Crippen molar-refractivity contribution in [1.82, 2.24) is 9.27 Å². The van der Waals surface area contributed by atoms with Crippen LogP contribution in [0.15, 0.2) is 59.7 Å². The quantitative estimate of drug-likeness (QED) is 0.706. The van der Waals surface area contributed by atoms with Crippen LogP contribution in [-0.4, -0.2) is 26.8 Å². The molecule has 2 aromatic heterocycles. The maximum Gasteiger partial charge on any atom is 0.246 e. The van der Waals surface area contributed by atoms with Crippen molar-refractivity contribution in [2.24, 2.45) is 0 Å². The maximum absolute atomic E-state index is 12.1. The van der Waals surface area contributed by atoms with Crippen molar-refractivity contribution >= 4 is 28.3 Å². The summed E-state index contributed by atoms with van der Waals surface area (Å²) in [7, 11) is 0. The molecule has 0 radical (unpaired) electrons. The van der Waals surface area contributed by atoms with Crippen LogP contribution in [-0.2, 0) is 11.3 Å². The summed E-state index contributed by atoms with van der Waals surface area (Å²) >= 11 is 1.36. The molecule has 3 aromatic rings. The van der Waals surface area contributed by atoms with Crippen LogP contribution in [0.3, 0.4) is 0 Å². The number of amides is 1. The Morgan fingerprint density at radius 3 is 2.96 bits per heavy atom. The Morgan fingerprint density at radius 2 is 2.22 bits per heavy atom. The van der Waals surface area contributed by atoms with Gasteiger partial charge in [-0.1, -0.05) is 24.8 Å². The van der Waals surface area contributed by atoms with E-state index in [2.05, 4.69) is 11.0 Å². The van der Waals surface area contributed by atoms with Gasteiger partial charge in [0.05, 0.1) is 29.7 Å². The lowest BCUT2D eigenvalue weighted by atomic mass is 10.2. The number of aromatic nitrogens is 1. The van der Waals surface area contributed by atoms with Gasteiger partial charge in [0.15, 0.2) is 0 Å². The van der Waals surface area contributed by atoms with Gasteiger partial charge in [-0.25, -0.2) is 0 Å². The third-order valence-corrected chi connectivity index (χ3v) is 4.40. The van der Waals surface area contributed by atoms with Crippen LogP contribution in [0.5, 0.6) is 0 Å². The number of nitrogens with zero attached hydrogens (tertiary/aromatic N) is 2. The van der Waals surface area contributed by atoms with Crippen LogP contribution in [0, 0.1) is 0 Å². The maximum atomic E-state index is 12.1. The smallest absolute Gasteiger partial charge is 0.246 e. The fourth-order valence-electron chi connectivity index (χ4n) is 2.37. The van der Waals surface area contributed by atoms with Gasteiger partial charge in [0.25, 0.3) is 0 Å². The molecule has 0 aliphatic rings. The molecule has 5 nitrogen and oxygen atoms in total. The second-order valence-electron chi connectivity index (χ2n) is 5.08. The van der Waals surface area contributed by atoms with E-state index in [1.54, 1.807) is 17.0 Å². The minimum absolute atomic E-state index is 0.130. The molecule has 1 unspecified atom stereocenters. The van der Waals surface area contributed by atoms with Crippen molar-refractivity contribution in [3.05, 3.63) is 66.0 Å². The predicted octanol–water partition coefficient (Wildman–Crippen LogP) is 3.14. The summed E-state index contributed by atoms with van der Waals surface area (Å²) in [4.78, 5) is 14.6. The zero-order chi connectivity index (χ0) is 16.2. The second kappa shape index (κ2) is 6.76. The normalized spacial score (nSPS) is 12.2. The molecule has 0 bridgehead atoms. The average molecular weight is 328 g/mol. The molecule has 3 rings (SSSR count). The van der Waals surface area contributed by atoms with Gasteiger partial charge >= 0.3 is 0 Å². The van der Waals surface area contributed by atoms with Crippen molar-refractivity contribution in [3.63, 3.8) is 0 Å². The molecule has 0 saturated carbocycles. The van der Waals surface area contributed by atoms with Gasteiger partial charge in [-0.05, 0) is 35.8 Å². The Hall–Kier alpha value is -2.44. The van der Waals surface area contributed by atoms with Crippen molar-refractivity contribution in [2.75, 3.05) is 6.54 Å². The zero-order valence-electron chi connectivity index (χ0n) is 12.4. The van der Waals surface area contributed by atoms with E-state index in [1.807, 2.05) is 24.3 Å². The molecule has 1 amide bonds. The summed E-state index contributed by atoms with van der Waals surface area (Å²) in [6, 6.07) is 11.2. The molecule has 0 aliphatic carbocycles. The first-order valence-corrected chi connectivity index (χ1v) is 7.92. The number of fused-ring (bicyclic) bond motifs is 1. The van der Waals surface area contributed by atoms with E-state index in [1.165, 1.54) is 23.9 Å². The highest BCUT2D eigenvalue weighted by Gasteiger charge is 2.20. The molecule has 6 heteroatoms. The number of furan rings is 1. The third kappa shape index (κ3) is 3.33. The van der Waals surface area contributed by atoms with Gasteiger partial charge < -0.3 is 14.4 Å². The monoisotopic (exact) mass is 328 g/mol. The van der Waals surface area contributed by atoms with E-state index in [4.69, 9.17) is 4.42 Å². The van der Waals surface area contributed by atoms with E-state index in [-0.39, 0.29) is 12.5 Å². The highest BCUT2D eigenvalue weighted by Crippen LogP contribution is 2.25. The highest BCUT2D eigenvalue weighted by molar-refractivity contribution is 7.07. The van der Waals surface area contributed by atoms with Crippen LogP contribution in [0.4, 0.5) is 0 Å². The molecule has 1 aromatic carbocycles. The number of carbonyl (C=O) groups is 1. The molecule has 1 N–H and O–H groups in total. The zero-order valence-corrected chi connectivity index (χ0v) is 13.2. The van der Waals surface area contributed by atoms with E-state index >= 15 is 0 Å². The Labute approximate surface area is 137 Å². The Bertz CT molecular complexity index is 810. The van der Waals surface area contributed by atoms with E-state index < -0.39 is 6.10 Å². The van der Waals surface area contributed by atoms with Crippen LogP contribution < -0.4 is 0 Å². The lowest BCUT2D eigenvalue weighted by Gasteiger charge is -2.22. The van der Waals surface area contributed by atoms with Gasteiger partial charge in [0.1, 0.15) is 11.9 Å². The van der Waals surface area contributed by atoms with Crippen molar-refractivity contribution in [1.29, 1.82) is 0 Å². The minimum atomic E-state index is -0.881. The summed E-state index contributed by atoms with van der Waals surface area (Å²) in [5.74, 6) is 0.189. The summed E-state index contributed by atoms with van der Waals surface area (Å²) in [6.07, 6.45) is 1.86. The molecule has 23 heavy (non-hydrogen) atoms. The van der Waals surface area contributed by atoms with Gasteiger partial charge in [-0.2, -0.15) is 4.37 Å². The standard InChI is InChI=1S/C17H16N2O3S/c1-2-17(21)19(10-14(20)15-8-5-9-22-15)11-16-12-6-3-4-7-13(12)18-23-16/h2-9,14,20H,1,10-11H2. The van der Waals surface area contributed by atoms with Crippen molar-refractivity contribution in [3.8, 4) is 0 Å². The number of aliphatic hydroxyl groups is 1. The molecule has 0 saturated heterocycles. The average Bonchev–Trinajstić information content (AvgIpc) is 3.23. The first kappa shape index (κ1) is 15.5. The molecule has 1 atom stereocenters. The Balaban J connectivity index is 1.82. The fourth-order valence-corrected chi connectivity index (χ4v) is 3.22. The van der Waals surface area contributed by atoms with E-state index in [0.717, 1.165) is 15.8 Å². The molecular formula is C17H16N2O3S. The SMILES string of the molecule is C=CC(=O)N(Cc1snc2ccccc12)CC(O)c1ccco1. The van der Waals surface area contributed by atoms with Crippen LogP contribution in [0.25, 0.3) is 10.9 Å².